The Morgan fingerprint density at radius 2 is 1.76 bits per heavy atom. The van der Waals surface area contributed by atoms with Crippen LogP contribution in [0.3, 0.4) is 0 Å². The van der Waals surface area contributed by atoms with Crippen LogP contribution in [-0.2, 0) is 4.79 Å². The summed E-state index contributed by atoms with van der Waals surface area (Å²) in [6.07, 6.45) is 3.80. The minimum atomic E-state index is -1.44. The van der Waals surface area contributed by atoms with E-state index in [4.69, 9.17) is 4.74 Å². The molecule has 1 saturated heterocycles. The first-order valence-corrected chi connectivity index (χ1v) is 9.68. The summed E-state index contributed by atoms with van der Waals surface area (Å²) >= 11 is 0. The molecule has 144 valence electrons. The Morgan fingerprint density at radius 1 is 1.10 bits per heavy atom. The number of benzene rings is 2. The van der Waals surface area contributed by atoms with Crippen molar-refractivity contribution < 1.29 is 9.53 Å². The van der Waals surface area contributed by atoms with Crippen LogP contribution in [0.5, 0.6) is 5.75 Å². The maximum atomic E-state index is 12.9. The lowest BCUT2D eigenvalue weighted by molar-refractivity contribution is -0.121. The number of para-hydroxylation sites is 1. The van der Waals surface area contributed by atoms with Gasteiger partial charge in [-0.15, -0.1) is 0 Å². The molecule has 1 fully saturated rings. The lowest BCUT2D eigenvalue weighted by atomic mass is 9.67. The van der Waals surface area contributed by atoms with Gasteiger partial charge in [-0.25, -0.2) is 0 Å². The van der Waals surface area contributed by atoms with Gasteiger partial charge in [-0.05, 0) is 37.1 Å². The molecule has 4 rings (SSSR count). The summed E-state index contributed by atoms with van der Waals surface area (Å²) in [6, 6.07) is 18.6. The van der Waals surface area contributed by atoms with Gasteiger partial charge in [0.05, 0.1) is 30.8 Å². The minimum Gasteiger partial charge on any atom is -0.494 e. The average Bonchev–Trinajstić information content (AvgIpc) is 3.05. The molecule has 5 nitrogen and oxygen atoms in total. The molecular formula is C24H21N3O2. The Bertz CT molecular complexity index is 1060. The number of fused-ring (bicyclic) bond motifs is 3. The lowest BCUT2D eigenvalue weighted by Crippen LogP contribution is -2.36. The van der Waals surface area contributed by atoms with Gasteiger partial charge in [0.15, 0.2) is 11.2 Å². The van der Waals surface area contributed by atoms with E-state index in [9.17, 15) is 15.3 Å². The standard InChI is InChI=1S/C24H21N3O2/c1-3-29-20-11-7-6-10-19(20)21-22(16(2)28)27-13-12-17-8-4-5-9-18(17)23(27)24(21,14-25)15-26/h4-13,21-23H,3H2,1-2H3/t21-,22+,23-/m1/s1. The topological polar surface area (TPSA) is 77.1 Å². The Morgan fingerprint density at radius 3 is 2.41 bits per heavy atom. The maximum Gasteiger partial charge on any atom is 0.177 e. The van der Waals surface area contributed by atoms with Crippen LogP contribution >= 0.6 is 0 Å². The van der Waals surface area contributed by atoms with Gasteiger partial charge in [0, 0.05) is 17.7 Å². The van der Waals surface area contributed by atoms with E-state index in [-0.39, 0.29) is 5.78 Å². The third kappa shape index (κ3) is 2.62. The van der Waals surface area contributed by atoms with Gasteiger partial charge in [-0.3, -0.25) is 4.79 Å². The zero-order valence-electron chi connectivity index (χ0n) is 16.4. The predicted molar refractivity (Wildman–Crippen MR) is 109 cm³/mol. The third-order valence-electron chi connectivity index (χ3n) is 5.91. The Kier molecular flexibility index (Phi) is 4.60. The Labute approximate surface area is 170 Å². The van der Waals surface area contributed by atoms with Crippen LogP contribution in [0.1, 0.15) is 42.5 Å². The second kappa shape index (κ2) is 7.11. The van der Waals surface area contributed by atoms with Crippen molar-refractivity contribution in [2.75, 3.05) is 6.61 Å². The molecule has 0 saturated carbocycles. The SMILES string of the molecule is CCOc1ccccc1[C@@H]1[C@H](C(C)=O)N2C=Cc3ccccc3[C@@H]2C1(C#N)C#N. The van der Waals surface area contributed by atoms with E-state index < -0.39 is 23.4 Å². The number of ketones is 1. The third-order valence-corrected chi connectivity index (χ3v) is 5.91. The fourth-order valence-electron chi connectivity index (χ4n) is 4.82. The molecule has 0 aliphatic carbocycles. The van der Waals surface area contributed by atoms with Crippen LogP contribution in [0.2, 0.25) is 0 Å². The van der Waals surface area contributed by atoms with Gasteiger partial charge in [0.2, 0.25) is 0 Å². The molecule has 0 N–H and O–H groups in total. The molecule has 2 heterocycles. The molecule has 0 amide bonds. The van der Waals surface area contributed by atoms with E-state index in [1.807, 2.05) is 72.6 Å². The summed E-state index contributed by atoms with van der Waals surface area (Å²) in [5.41, 5.74) is 1.13. The van der Waals surface area contributed by atoms with E-state index in [2.05, 4.69) is 12.1 Å². The second-order valence-electron chi connectivity index (χ2n) is 7.39. The summed E-state index contributed by atoms with van der Waals surface area (Å²) in [7, 11) is 0. The van der Waals surface area contributed by atoms with E-state index >= 15 is 0 Å². The van der Waals surface area contributed by atoms with Crippen molar-refractivity contribution >= 4 is 11.9 Å². The van der Waals surface area contributed by atoms with Gasteiger partial charge in [-0.1, -0.05) is 42.5 Å². The van der Waals surface area contributed by atoms with Crippen molar-refractivity contribution in [1.82, 2.24) is 4.90 Å². The largest absolute Gasteiger partial charge is 0.494 e. The van der Waals surface area contributed by atoms with Crippen molar-refractivity contribution in [2.45, 2.75) is 31.8 Å². The zero-order valence-corrected chi connectivity index (χ0v) is 16.4. The van der Waals surface area contributed by atoms with Gasteiger partial charge >= 0.3 is 0 Å². The first kappa shape index (κ1) is 18.8. The molecule has 0 radical (unpaired) electrons. The summed E-state index contributed by atoms with van der Waals surface area (Å²) in [6.45, 7) is 3.87. The number of carbonyl (C=O) groups is 1. The molecule has 3 atom stereocenters. The molecule has 29 heavy (non-hydrogen) atoms. The molecule has 2 aromatic carbocycles. The number of rotatable bonds is 4. The summed E-state index contributed by atoms with van der Waals surface area (Å²) < 4.78 is 5.82. The summed E-state index contributed by atoms with van der Waals surface area (Å²) in [5.74, 6) is -0.112. The molecule has 2 aliphatic rings. The summed E-state index contributed by atoms with van der Waals surface area (Å²) in [4.78, 5) is 14.7. The molecule has 0 aromatic heterocycles. The molecule has 0 spiro atoms. The molecule has 0 unspecified atom stereocenters. The van der Waals surface area contributed by atoms with E-state index in [1.54, 1.807) is 0 Å². The first-order valence-electron chi connectivity index (χ1n) is 9.68. The van der Waals surface area contributed by atoms with E-state index in [1.165, 1.54) is 6.92 Å². The zero-order chi connectivity index (χ0) is 20.6. The van der Waals surface area contributed by atoms with Crippen LogP contribution in [0.4, 0.5) is 0 Å². The van der Waals surface area contributed by atoms with Crippen molar-refractivity contribution in [3.05, 3.63) is 71.4 Å². The van der Waals surface area contributed by atoms with E-state index in [0.717, 1.165) is 16.7 Å². The first-order chi connectivity index (χ1) is 14.1. The van der Waals surface area contributed by atoms with Crippen molar-refractivity contribution in [3.8, 4) is 17.9 Å². The van der Waals surface area contributed by atoms with Crippen molar-refractivity contribution in [3.63, 3.8) is 0 Å². The van der Waals surface area contributed by atoms with Crippen LogP contribution < -0.4 is 4.74 Å². The molecule has 2 aliphatic heterocycles. The van der Waals surface area contributed by atoms with Crippen LogP contribution in [0.25, 0.3) is 6.08 Å². The highest BCUT2D eigenvalue weighted by Gasteiger charge is 2.63. The molecule has 2 aromatic rings. The average molecular weight is 383 g/mol. The monoisotopic (exact) mass is 383 g/mol. The number of hydrogen-bond donors (Lipinski definition) is 0. The van der Waals surface area contributed by atoms with Gasteiger partial charge in [-0.2, -0.15) is 10.5 Å². The number of carbonyl (C=O) groups excluding carboxylic acids is 1. The number of Topliss-reactive ketones (excluding diaryl/α,β-unsaturated/α-hetero) is 1. The van der Waals surface area contributed by atoms with Crippen LogP contribution in [0, 0.1) is 28.1 Å². The Balaban J connectivity index is 2.01. The van der Waals surface area contributed by atoms with Crippen LogP contribution in [-0.4, -0.2) is 23.3 Å². The minimum absolute atomic E-state index is 0.0808. The Hall–Kier alpha value is -3.57. The highest BCUT2D eigenvalue weighted by atomic mass is 16.5. The summed E-state index contributed by atoms with van der Waals surface area (Å²) in [5, 5.41) is 20.7. The van der Waals surface area contributed by atoms with E-state index in [0.29, 0.717) is 12.4 Å². The molecule has 0 bridgehead atoms. The smallest absolute Gasteiger partial charge is 0.177 e. The van der Waals surface area contributed by atoms with Crippen molar-refractivity contribution in [2.24, 2.45) is 5.41 Å². The van der Waals surface area contributed by atoms with Gasteiger partial charge in [0.1, 0.15) is 5.75 Å². The molecular weight excluding hydrogens is 362 g/mol. The molecule has 5 heteroatoms. The quantitative estimate of drug-likeness (QED) is 0.791. The normalized spacial score (nSPS) is 23.4. The predicted octanol–water partition coefficient (Wildman–Crippen LogP) is 4.20. The lowest BCUT2D eigenvalue weighted by Gasteiger charge is -2.34. The number of nitrogens with zero attached hydrogens (tertiary/aromatic N) is 3. The number of nitriles is 2. The second-order valence-corrected chi connectivity index (χ2v) is 7.39. The number of ether oxygens (including phenoxy) is 1. The van der Waals surface area contributed by atoms with Gasteiger partial charge < -0.3 is 9.64 Å². The number of hydrogen-bond acceptors (Lipinski definition) is 5. The highest BCUT2D eigenvalue weighted by Crippen LogP contribution is 2.60. The fraction of sp³-hybridized carbons (Fsp3) is 0.292. The van der Waals surface area contributed by atoms with Crippen LogP contribution in [0.15, 0.2) is 54.7 Å². The van der Waals surface area contributed by atoms with Crippen molar-refractivity contribution in [1.29, 1.82) is 10.5 Å². The highest BCUT2D eigenvalue weighted by molar-refractivity contribution is 5.85. The fourth-order valence-corrected chi connectivity index (χ4v) is 4.82. The van der Waals surface area contributed by atoms with Gasteiger partial charge in [0.25, 0.3) is 0 Å². The maximum absolute atomic E-state index is 12.9.